The van der Waals surface area contributed by atoms with E-state index in [0.29, 0.717) is 19.3 Å². The minimum absolute atomic E-state index is 0.0556. The van der Waals surface area contributed by atoms with Gasteiger partial charge in [0.1, 0.15) is 0 Å². The van der Waals surface area contributed by atoms with Crippen LogP contribution in [0.3, 0.4) is 0 Å². The average molecular weight is 519 g/mol. The van der Waals surface area contributed by atoms with Crippen molar-refractivity contribution in [3.63, 3.8) is 0 Å². The van der Waals surface area contributed by atoms with Crippen LogP contribution >= 0.6 is 10.6 Å². The molecule has 6 rings (SSSR count). The predicted molar refractivity (Wildman–Crippen MR) is 121 cm³/mol. The van der Waals surface area contributed by atoms with Gasteiger partial charge in [0.05, 0.1) is 29.6 Å². The summed E-state index contributed by atoms with van der Waals surface area (Å²) in [7, 11) is -1.44. The molecule has 2 heterocycles. The topological polar surface area (TPSA) is 125 Å². The number of anilines is 1. The number of rotatable bonds is 4. The van der Waals surface area contributed by atoms with Gasteiger partial charge >= 0.3 is 12.1 Å². The highest BCUT2D eigenvalue weighted by molar-refractivity contribution is 8.24. The Morgan fingerprint density at radius 1 is 1.17 bits per heavy atom. The number of nitrogens with one attached hydrogen (secondary N) is 1. The molecule has 0 spiro atoms. The lowest BCUT2D eigenvalue weighted by molar-refractivity contribution is -0.169. The number of carbonyl (C=O) groups excluding carboxylic acids is 2. The monoisotopic (exact) mass is 518 g/mol. The number of aromatic nitrogens is 2. The highest BCUT2D eigenvalue weighted by Gasteiger charge is 2.61. The summed E-state index contributed by atoms with van der Waals surface area (Å²) in [4.78, 5) is 34.5. The van der Waals surface area contributed by atoms with E-state index >= 15 is 0 Å². The number of nitrogens with zero attached hydrogens (tertiary/aromatic N) is 3. The number of hydrogen-bond acceptors (Lipinski definition) is 8. The van der Waals surface area contributed by atoms with E-state index in [9.17, 15) is 31.9 Å². The minimum atomic E-state index is -4.89. The van der Waals surface area contributed by atoms with Crippen molar-refractivity contribution in [3.8, 4) is 0 Å². The van der Waals surface area contributed by atoms with E-state index < -0.39 is 44.9 Å². The number of alkyl halides is 3. The standard InChI is InChI=1S/C22H29F3N4O5S/c1-34-18(31)20-7-13-6-14(8-20)10-21(9-13,12-20)28-19-26-11-15(16(27-19)22(23,24)25)17(30)29-2-4-35(32,33)5-3-29/h11,13-14,32-33H,2-10,12H2,1H3,(H,26,27,28). The number of amides is 1. The summed E-state index contributed by atoms with van der Waals surface area (Å²) < 4.78 is 66.5. The van der Waals surface area contributed by atoms with Crippen LogP contribution in [-0.2, 0) is 15.7 Å². The van der Waals surface area contributed by atoms with Crippen LogP contribution in [0.2, 0.25) is 0 Å². The SMILES string of the molecule is COC(=O)C12CC3CC(CC(Nc4ncc(C(=O)N5CCS(O)(O)CC5)c(C(F)(F)F)n4)(C3)C1)C2. The summed E-state index contributed by atoms with van der Waals surface area (Å²) in [5.41, 5.74) is -3.24. The summed E-state index contributed by atoms with van der Waals surface area (Å²) in [6, 6.07) is 0. The van der Waals surface area contributed by atoms with Gasteiger partial charge in [-0.3, -0.25) is 18.7 Å². The third-order valence-corrected chi connectivity index (χ3v) is 9.68. The van der Waals surface area contributed by atoms with Gasteiger partial charge < -0.3 is 15.0 Å². The number of methoxy groups -OCH3 is 1. The van der Waals surface area contributed by atoms with Crippen LogP contribution in [0.25, 0.3) is 0 Å². The van der Waals surface area contributed by atoms with Crippen molar-refractivity contribution < 1.29 is 36.6 Å². The molecule has 1 saturated heterocycles. The second kappa shape index (κ2) is 8.20. The number of hydrogen-bond donors (Lipinski definition) is 3. The molecule has 1 amide bonds. The van der Waals surface area contributed by atoms with Gasteiger partial charge in [0.25, 0.3) is 5.91 Å². The fraction of sp³-hybridized carbons (Fsp3) is 0.727. The lowest BCUT2D eigenvalue weighted by Gasteiger charge is -2.60. The fourth-order valence-corrected chi connectivity index (χ4v) is 8.25. The Morgan fingerprint density at radius 2 is 1.80 bits per heavy atom. The third-order valence-electron chi connectivity index (χ3n) is 8.01. The van der Waals surface area contributed by atoms with Crippen molar-refractivity contribution in [2.24, 2.45) is 17.3 Å². The van der Waals surface area contributed by atoms with Crippen molar-refractivity contribution in [1.29, 1.82) is 0 Å². The molecule has 1 aromatic heterocycles. The Morgan fingerprint density at radius 3 is 2.37 bits per heavy atom. The predicted octanol–water partition coefficient (Wildman–Crippen LogP) is 3.63. The van der Waals surface area contributed by atoms with Gasteiger partial charge in [-0.2, -0.15) is 23.8 Å². The first kappa shape index (κ1) is 24.6. The zero-order valence-electron chi connectivity index (χ0n) is 19.3. The Labute approximate surface area is 202 Å². The molecule has 5 aliphatic rings. The molecule has 2 atom stereocenters. The molecular weight excluding hydrogens is 489 g/mol. The van der Waals surface area contributed by atoms with E-state index in [1.54, 1.807) is 0 Å². The van der Waals surface area contributed by atoms with Crippen molar-refractivity contribution in [1.82, 2.24) is 14.9 Å². The first-order chi connectivity index (χ1) is 16.3. The summed E-state index contributed by atoms with van der Waals surface area (Å²) in [5, 5.41) is 3.14. The van der Waals surface area contributed by atoms with Crippen LogP contribution in [0.15, 0.2) is 6.20 Å². The minimum Gasteiger partial charge on any atom is -0.469 e. The number of carbonyl (C=O) groups is 2. The third kappa shape index (κ3) is 4.46. The molecule has 4 saturated carbocycles. The van der Waals surface area contributed by atoms with Crippen molar-refractivity contribution in [2.75, 3.05) is 37.0 Å². The van der Waals surface area contributed by atoms with Gasteiger partial charge in [-0.25, -0.2) is 9.97 Å². The first-order valence-electron chi connectivity index (χ1n) is 11.7. The van der Waals surface area contributed by atoms with Crippen LogP contribution in [0, 0.1) is 17.3 Å². The number of ether oxygens (including phenoxy) is 1. The molecule has 3 N–H and O–H groups in total. The summed E-state index contributed by atoms with van der Waals surface area (Å²) in [6.45, 7) is -0.111. The molecule has 194 valence electrons. The van der Waals surface area contributed by atoms with Crippen LogP contribution in [0.1, 0.15) is 54.6 Å². The van der Waals surface area contributed by atoms with Gasteiger partial charge in [-0.05, 0) is 50.4 Å². The average Bonchev–Trinajstić information content (AvgIpc) is 2.76. The number of esters is 1. The van der Waals surface area contributed by atoms with Gasteiger partial charge in [0.2, 0.25) is 5.95 Å². The highest BCUT2D eigenvalue weighted by Crippen LogP contribution is 2.62. The zero-order valence-corrected chi connectivity index (χ0v) is 20.1. The second-order valence-electron chi connectivity index (χ2n) is 10.6. The molecule has 4 aliphatic carbocycles. The summed E-state index contributed by atoms with van der Waals surface area (Å²) in [6.07, 6.45) is 0.323. The highest BCUT2D eigenvalue weighted by atomic mass is 32.3. The van der Waals surface area contributed by atoms with Crippen LogP contribution in [0.5, 0.6) is 0 Å². The lowest BCUT2D eigenvalue weighted by atomic mass is 9.47. The van der Waals surface area contributed by atoms with E-state index in [4.69, 9.17) is 4.74 Å². The maximum absolute atomic E-state index is 14.0. The normalized spacial score (nSPS) is 34.4. The molecule has 0 aromatic carbocycles. The van der Waals surface area contributed by atoms with E-state index in [-0.39, 0.29) is 48.3 Å². The van der Waals surface area contributed by atoms with E-state index in [1.165, 1.54) is 7.11 Å². The van der Waals surface area contributed by atoms with Crippen molar-refractivity contribution in [2.45, 2.75) is 50.2 Å². The first-order valence-corrected chi connectivity index (χ1v) is 13.6. The maximum Gasteiger partial charge on any atom is 0.434 e. The zero-order chi connectivity index (χ0) is 25.2. The molecule has 1 aromatic rings. The van der Waals surface area contributed by atoms with Gasteiger partial charge in [0, 0.05) is 24.8 Å². The quantitative estimate of drug-likeness (QED) is 0.516. The maximum atomic E-state index is 14.0. The number of halogens is 3. The Hall–Kier alpha value is -2.12. The van der Waals surface area contributed by atoms with E-state index in [2.05, 4.69) is 15.3 Å². The Bertz CT molecular complexity index is 1030. The molecule has 13 heteroatoms. The molecule has 35 heavy (non-hydrogen) atoms. The molecule has 5 fully saturated rings. The van der Waals surface area contributed by atoms with E-state index in [1.807, 2.05) is 0 Å². The summed E-state index contributed by atoms with van der Waals surface area (Å²) >= 11 is 0. The smallest absolute Gasteiger partial charge is 0.434 e. The van der Waals surface area contributed by atoms with Crippen LogP contribution in [0.4, 0.5) is 19.1 Å². The van der Waals surface area contributed by atoms with Gasteiger partial charge in [0.15, 0.2) is 5.69 Å². The van der Waals surface area contributed by atoms with Crippen LogP contribution < -0.4 is 5.32 Å². The molecule has 1 aliphatic heterocycles. The van der Waals surface area contributed by atoms with Crippen LogP contribution in [-0.4, -0.2) is 73.1 Å². The Balaban J connectivity index is 1.42. The lowest BCUT2D eigenvalue weighted by Crippen LogP contribution is -2.61. The van der Waals surface area contributed by atoms with Crippen molar-refractivity contribution in [3.05, 3.63) is 17.5 Å². The largest absolute Gasteiger partial charge is 0.469 e. The van der Waals surface area contributed by atoms with E-state index in [0.717, 1.165) is 30.4 Å². The molecule has 0 radical (unpaired) electrons. The van der Waals surface area contributed by atoms with Crippen molar-refractivity contribution >= 4 is 28.4 Å². The molecule has 9 nitrogen and oxygen atoms in total. The Kier molecular flexibility index (Phi) is 5.76. The van der Waals surface area contributed by atoms with Gasteiger partial charge in [-0.1, -0.05) is 0 Å². The molecule has 2 unspecified atom stereocenters. The molecular formula is C22H29F3N4O5S. The fourth-order valence-electron chi connectivity index (χ4n) is 7.02. The molecule has 4 bridgehead atoms. The second-order valence-corrected chi connectivity index (χ2v) is 13.0. The summed E-state index contributed by atoms with van der Waals surface area (Å²) in [5.74, 6) is -0.981. The van der Waals surface area contributed by atoms with Gasteiger partial charge in [-0.15, -0.1) is 0 Å².